The first kappa shape index (κ1) is 20.2. The molecule has 0 fully saturated rings. The van der Waals surface area contributed by atoms with Gasteiger partial charge in [-0.05, 0) is 41.5 Å². The number of hydrogen-bond donors (Lipinski definition) is 1. The summed E-state index contributed by atoms with van der Waals surface area (Å²) in [5, 5.41) is 10.7. The van der Waals surface area contributed by atoms with Gasteiger partial charge in [0, 0.05) is 5.69 Å². The van der Waals surface area contributed by atoms with Crippen LogP contribution in [0.4, 0.5) is 5.69 Å². The van der Waals surface area contributed by atoms with Crippen molar-refractivity contribution in [3.63, 3.8) is 0 Å². The number of aliphatic hydroxyl groups is 1. The van der Waals surface area contributed by atoms with E-state index in [1.807, 2.05) is 36.4 Å². The molecule has 0 aliphatic carbocycles. The lowest BCUT2D eigenvalue weighted by Crippen LogP contribution is -2.30. The first-order valence-electron chi connectivity index (χ1n) is 9.83. The summed E-state index contributed by atoms with van der Waals surface area (Å²) >= 11 is 0. The molecule has 0 bridgehead atoms. The third-order valence-corrected chi connectivity index (χ3v) is 5.17. The molecule has 1 atom stereocenters. The summed E-state index contributed by atoms with van der Waals surface area (Å²) in [7, 11) is 1.57. The van der Waals surface area contributed by atoms with Crippen molar-refractivity contribution in [2.45, 2.75) is 6.04 Å². The fraction of sp³-hybridized carbons (Fsp3) is 0.0769. The van der Waals surface area contributed by atoms with Gasteiger partial charge in [0.1, 0.15) is 5.75 Å². The molecule has 154 valence electrons. The van der Waals surface area contributed by atoms with Crippen molar-refractivity contribution in [3.05, 3.63) is 113 Å². The molecular formula is C26H21NO4. The Bertz CT molecular complexity index is 1150. The number of nitrogens with zero attached hydrogens (tertiary/aromatic N) is 1. The van der Waals surface area contributed by atoms with Gasteiger partial charge in [-0.1, -0.05) is 66.7 Å². The number of carbonyl (C=O) groups is 2. The molecule has 1 N–H and O–H groups in total. The Morgan fingerprint density at radius 1 is 0.935 bits per heavy atom. The van der Waals surface area contributed by atoms with E-state index < -0.39 is 23.5 Å². The van der Waals surface area contributed by atoms with E-state index in [0.29, 0.717) is 17.0 Å². The zero-order valence-corrected chi connectivity index (χ0v) is 16.9. The average Bonchev–Trinajstić information content (AvgIpc) is 3.09. The van der Waals surface area contributed by atoms with Crippen LogP contribution in [-0.2, 0) is 9.59 Å². The van der Waals surface area contributed by atoms with E-state index in [2.05, 4.69) is 0 Å². The molecule has 1 amide bonds. The van der Waals surface area contributed by atoms with Crippen molar-refractivity contribution in [3.8, 4) is 5.75 Å². The minimum Gasteiger partial charge on any atom is -0.503 e. The minimum absolute atomic E-state index is 0.0474. The van der Waals surface area contributed by atoms with Gasteiger partial charge >= 0.3 is 0 Å². The summed E-state index contributed by atoms with van der Waals surface area (Å²) in [5.41, 5.74) is 2.18. The molecule has 4 rings (SSSR count). The number of benzene rings is 3. The summed E-state index contributed by atoms with van der Waals surface area (Å²) < 4.78 is 5.23. The van der Waals surface area contributed by atoms with Crippen LogP contribution in [0.25, 0.3) is 6.08 Å². The summed E-state index contributed by atoms with van der Waals surface area (Å²) in [4.78, 5) is 27.6. The number of anilines is 1. The summed E-state index contributed by atoms with van der Waals surface area (Å²) in [6.45, 7) is 0. The van der Waals surface area contributed by atoms with Crippen LogP contribution in [0, 0.1) is 0 Å². The topological polar surface area (TPSA) is 66.8 Å². The van der Waals surface area contributed by atoms with Gasteiger partial charge in [-0.2, -0.15) is 0 Å². The van der Waals surface area contributed by atoms with E-state index in [-0.39, 0.29) is 5.57 Å². The number of rotatable bonds is 6. The highest BCUT2D eigenvalue weighted by Gasteiger charge is 2.43. The van der Waals surface area contributed by atoms with Gasteiger partial charge in [0.15, 0.2) is 11.5 Å². The molecule has 5 nitrogen and oxygen atoms in total. The largest absolute Gasteiger partial charge is 0.503 e. The van der Waals surface area contributed by atoms with Crippen LogP contribution in [-0.4, -0.2) is 23.9 Å². The molecule has 0 aromatic heterocycles. The van der Waals surface area contributed by atoms with E-state index >= 15 is 0 Å². The Morgan fingerprint density at radius 3 is 2.16 bits per heavy atom. The number of ether oxygens (including phenoxy) is 1. The molecule has 5 heteroatoms. The Kier molecular flexibility index (Phi) is 5.67. The summed E-state index contributed by atoms with van der Waals surface area (Å²) in [6, 6.07) is 24.7. The molecular weight excluding hydrogens is 390 g/mol. The lowest BCUT2D eigenvalue weighted by Gasteiger charge is -2.26. The second-order valence-corrected chi connectivity index (χ2v) is 7.06. The normalized spacial score (nSPS) is 16.2. The zero-order valence-electron chi connectivity index (χ0n) is 16.9. The van der Waals surface area contributed by atoms with Crippen molar-refractivity contribution in [1.82, 2.24) is 0 Å². The van der Waals surface area contributed by atoms with Crippen molar-refractivity contribution in [2.75, 3.05) is 12.0 Å². The SMILES string of the molecule is COc1ccc([C@H]2C(C(=O)/C=C\c3ccccc3)=C(O)C(=O)N2c2ccccc2)cc1. The van der Waals surface area contributed by atoms with Crippen LogP contribution in [0.5, 0.6) is 5.75 Å². The number of ketones is 1. The molecule has 3 aromatic rings. The van der Waals surface area contributed by atoms with E-state index in [1.54, 1.807) is 61.7 Å². The molecule has 1 aliphatic rings. The summed E-state index contributed by atoms with van der Waals surface area (Å²) in [5.74, 6) is -0.908. The van der Waals surface area contributed by atoms with Gasteiger partial charge < -0.3 is 9.84 Å². The van der Waals surface area contributed by atoms with Crippen molar-refractivity contribution >= 4 is 23.5 Å². The molecule has 0 saturated heterocycles. The molecule has 0 radical (unpaired) electrons. The first-order valence-corrected chi connectivity index (χ1v) is 9.83. The highest BCUT2D eigenvalue weighted by atomic mass is 16.5. The van der Waals surface area contributed by atoms with Gasteiger partial charge in [-0.3, -0.25) is 14.5 Å². The number of para-hydroxylation sites is 1. The summed E-state index contributed by atoms with van der Waals surface area (Å²) in [6.07, 6.45) is 3.06. The lowest BCUT2D eigenvalue weighted by molar-refractivity contribution is -0.117. The number of methoxy groups -OCH3 is 1. The molecule has 1 aliphatic heterocycles. The second-order valence-electron chi connectivity index (χ2n) is 7.06. The van der Waals surface area contributed by atoms with Crippen LogP contribution in [0.1, 0.15) is 17.2 Å². The van der Waals surface area contributed by atoms with Crippen molar-refractivity contribution < 1.29 is 19.4 Å². The van der Waals surface area contributed by atoms with Gasteiger partial charge in [-0.25, -0.2) is 0 Å². The van der Waals surface area contributed by atoms with Gasteiger partial charge in [-0.15, -0.1) is 0 Å². The first-order chi connectivity index (χ1) is 15.1. The van der Waals surface area contributed by atoms with Crippen LogP contribution in [0.3, 0.4) is 0 Å². The quantitative estimate of drug-likeness (QED) is 0.587. The van der Waals surface area contributed by atoms with E-state index in [9.17, 15) is 14.7 Å². The third-order valence-electron chi connectivity index (χ3n) is 5.17. The lowest BCUT2D eigenvalue weighted by atomic mass is 9.95. The fourth-order valence-electron chi connectivity index (χ4n) is 3.64. The maximum absolute atomic E-state index is 13.2. The fourth-order valence-corrected chi connectivity index (χ4v) is 3.64. The number of carbonyl (C=O) groups excluding carboxylic acids is 2. The molecule has 0 saturated carbocycles. The predicted molar refractivity (Wildman–Crippen MR) is 120 cm³/mol. The van der Waals surface area contributed by atoms with Crippen LogP contribution < -0.4 is 9.64 Å². The number of allylic oxidation sites excluding steroid dienone is 1. The van der Waals surface area contributed by atoms with E-state index in [1.165, 1.54) is 11.0 Å². The zero-order chi connectivity index (χ0) is 21.8. The maximum atomic E-state index is 13.2. The maximum Gasteiger partial charge on any atom is 0.294 e. The van der Waals surface area contributed by atoms with E-state index in [4.69, 9.17) is 4.74 Å². The Balaban J connectivity index is 1.77. The molecule has 31 heavy (non-hydrogen) atoms. The Hall–Kier alpha value is -4.12. The van der Waals surface area contributed by atoms with Crippen LogP contribution in [0.2, 0.25) is 0 Å². The smallest absolute Gasteiger partial charge is 0.294 e. The molecule has 3 aromatic carbocycles. The van der Waals surface area contributed by atoms with Crippen LogP contribution in [0.15, 0.2) is 102 Å². The van der Waals surface area contributed by atoms with Gasteiger partial charge in [0.25, 0.3) is 5.91 Å². The monoisotopic (exact) mass is 411 g/mol. The Morgan fingerprint density at radius 2 is 1.55 bits per heavy atom. The predicted octanol–water partition coefficient (Wildman–Crippen LogP) is 4.88. The average molecular weight is 411 g/mol. The highest BCUT2D eigenvalue weighted by molar-refractivity contribution is 6.19. The van der Waals surface area contributed by atoms with Gasteiger partial charge in [0.2, 0.25) is 0 Å². The Labute approximate surface area is 180 Å². The number of hydrogen-bond acceptors (Lipinski definition) is 4. The van der Waals surface area contributed by atoms with Gasteiger partial charge in [0.05, 0.1) is 18.7 Å². The third kappa shape index (κ3) is 3.98. The number of amides is 1. The van der Waals surface area contributed by atoms with E-state index in [0.717, 1.165) is 5.56 Å². The van der Waals surface area contributed by atoms with Crippen molar-refractivity contribution in [2.24, 2.45) is 0 Å². The van der Waals surface area contributed by atoms with Crippen LogP contribution >= 0.6 is 0 Å². The standard InChI is InChI=1S/C26H21NO4/c1-31-21-15-13-19(14-16-21)24-23(22(28)17-12-18-8-4-2-5-9-18)25(29)26(30)27(24)20-10-6-3-7-11-20/h2-17,24,29H,1H3/b17-12-/t24-/m0/s1. The number of aliphatic hydroxyl groups excluding tert-OH is 1. The second kappa shape index (κ2) is 8.71. The molecule has 0 unspecified atom stereocenters. The molecule has 1 heterocycles. The highest BCUT2D eigenvalue weighted by Crippen LogP contribution is 2.41. The van der Waals surface area contributed by atoms with Crippen molar-refractivity contribution in [1.29, 1.82) is 0 Å². The minimum atomic E-state index is -0.756. The molecule has 0 spiro atoms.